The molecule has 0 aliphatic carbocycles. The Morgan fingerprint density at radius 3 is 0.682 bits per heavy atom. The van der Waals surface area contributed by atoms with Crippen molar-refractivity contribution in [3.8, 4) is 0 Å². The third-order valence-electron chi connectivity index (χ3n) is 15.5. The van der Waals surface area contributed by atoms with Crippen LogP contribution in [0.2, 0.25) is 0 Å². The molecular weight excluding hydrogens is 1080 g/mol. The molecule has 1 unspecified atom stereocenters. The van der Waals surface area contributed by atoms with E-state index >= 15 is 0 Å². The first kappa shape index (κ1) is 83.3. The van der Waals surface area contributed by atoms with Gasteiger partial charge in [-0.1, -0.05) is 351 Å². The third-order valence-corrected chi connectivity index (χ3v) is 15.5. The van der Waals surface area contributed by atoms with Crippen molar-refractivity contribution < 1.29 is 24.2 Å². The lowest BCUT2D eigenvalue weighted by atomic mass is 10.0. The predicted octanol–water partition coefficient (Wildman–Crippen LogP) is 26.0. The molecule has 0 saturated carbocycles. The van der Waals surface area contributed by atoms with Gasteiger partial charge in [0.15, 0.2) is 6.10 Å². The molecule has 0 aliphatic rings. The van der Waals surface area contributed by atoms with Gasteiger partial charge in [-0.2, -0.15) is 0 Å². The SMILES string of the molecule is CC/C=C\C/C=C\C/C=C\C/C=C\C/C=C\C/C=C\C/C=C\C/C=C\CCCCCCCCCCCCCCCCCCC(=O)OC(CO)COC(=O)CCCCCCCCCCCCCCCC/C=C\C/C=C\C/C=C\C/C=C\C/C=C\C/C=C\CC. The zero-order valence-electron chi connectivity index (χ0n) is 57.2. The van der Waals surface area contributed by atoms with Gasteiger partial charge in [0.05, 0.1) is 6.61 Å². The molecule has 0 saturated heterocycles. The molecule has 0 aromatic carbocycles. The smallest absolute Gasteiger partial charge is 0.306 e. The molecule has 1 atom stereocenters. The highest BCUT2D eigenvalue weighted by Crippen LogP contribution is 2.17. The van der Waals surface area contributed by atoms with Crippen LogP contribution in [0, 0.1) is 0 Å². The molecular formula is C83H136O5. The lowest BCUT2D eigenvalue weighted by Crippen LogP contribution is -2.28. The Hall–Kier alpha value is -4.74. The van der Waals surface area contributed by atoms with Crippen molar-refractivity contribution in [1.82, 2.24) is 0 Å². The number of aliphatic hydroxyl groups excluding tert-OH is 1. The zero-order valence-corrected chi connectivity index (χ0v) is 57.2. The average Bonchev–Trinajstić information content (AvgIpc) is 3.56. The number of allylic oxidation sites excluding steroid dienone is 28. The number of unbranched alkanes of at least 4 members (excludes halogenated alkanes) is 30. The van der Waals surface area contributed by atoms with Crippen LogP contribution in [0.1, 0.15) is 322 Å². The normalized spacial score (nSPS) is 13.3. The molecule has 0 fully saturated rings. The van der Waals surface area contributed by atoms with Crippen LogP contribution < -0.4 is 0 Å². The van der Waals surface area contributed by atoms with Gasteiger partial charge in [0.2, 0.25) is 0 Å². The fraction of sp³-hybridized carbons (Fsp3) is 0.639. The molecule has 0 rings (SSSR count). The van der Waals surface area contributed by atoms with Gasteiger partial charge in [-0.25, -0.2) is 0 Å². The third kappa shape index (κ3) is 73.7. The number of esters is 2. The van der Waals surface area contributed by atoms with Gasteiger partial charge < -0.3 is 14.6 Å². The molecule has 5 heteroatoms. The molecule has 0 bridgehead atoms. The number of carbonyl (C=O) groups excluding carboxylic acids is 2. The molecule has 0 amide bonds. The quantitative estimate of drug-likeness (QED) is 0.0373. The lowest BCUT2D eigenvalue weighted by molar-refractivity contribution is -0.161. The van der Waals surface area contributed by atoms with Crippen LogP contribution in [0.4, 0.5) is 0 Å². The maximum atomic E-state index is 12.4. The highest BCUT2D eigenvalue weighted by molar-refractivity contribution is 5.70. The number of aliphatic hydroxyl groups is 1. The fourth-order valence-corrected chi connectivity index (χ4v) is 10.1. The molecule has 0 spiro atoms. The van der Waals surface area contributed by atoms with Gasteiger partial charge in [0, 0.05) is 12.8 Å². The highest BCUT2D eigenvalue weighted by atomic mass is 16.6. The van der Waals surface area contributed by atoms with E-state index < -0.39 is 6.10 Å². The number of hydrogen-bond acceptors (Lipinski definition) is 5. The second-order valence-corrected chi connectivity index (χ2v) is 23.9. The summed E-state index contributed by atoms with van der Waals surface area (Å²) in [6, 6.07) is 0. The molecule has 0 heterocycles. The van der Waals surface area contributed by atoms with Crippen molar-refractivity contribution >= 4 is 11.9 Å². The van der Waals surface area contributed by atoms with E-state index in [2.05, 4.69) is 184 Å². The van der Waals surface area contributed by atoms with Crippen molar-refractivity contribution in [3.05, 3.63) is 170 Å². The highest BCUT2D eigenvalue weighted by Gasteiger charge is 2.16. The summed E-state index contributed by atoms with van der Waals surface area (Å²) in [6.07, 6.45) is 118. The average molecular weight is 1210 g/mol. The summed E-state index contributed by atoms with van der Waals surface area (Å²) in [4.78, 5) is 24.7. The van der Waals surface area contributed by atoms with E-state index in [-0.39, 0.29) is 25.2 Å². The van der Waals surface area contributed by atoms with Crippen LogP contribution in [0.25, 0.3) is 0 Å². The number of ether oxygens (including phenoxy) is 2. The van der Waals surface area contributed by atoms with Gasteiger partial charge in [0.25, 0.3) is 0 Å². The van der Waals surface area contributed by atoms with Crippen LogP contribution >= 0.6 is 0 Å². The van der Waals surface area contributed by atoms with Crippen molar-refractivity contribution in [2.45, 2.75) is 328 Å². The summed E-state index contributed by atoms with van der Waals surface area (Å²) >= 11 is 0. The van der Waals surface area contributed by atoms with E-state index in [0.717, 1.165) is 128 Å². The largest absolute Gasteiger partial charge is 0.462 e. The number of carbonyl (C=O) groups is 2. The minimum Gasteiger partial charge on any atom is -0.462 e. The van der Waals surface area contributed by atoms with E-state index in [1.807, 2.05) is 0 Å². The minimum absolute atomic E-state index is 0.0715. The monoisotopic (exact) mass is 1210 g/mol. The fourth-order valence-electron chi connectivity index (χ4n) is 10.1. The predicted molar refractivity (Wildman–Crippen MR) is 389 cm³/mol. The molecule has 88 heavy (non-hydrogen) atoms. The Morgan fingerprint density at radius 2 is 0.455 bits per heavy atom. The van der Waals surface area contributed by atoms with Crippen LogP contribution in [0.15, 0.2) is 170 Å². The molecule has 0 aliphatic heterocycles. The molecule has 0 aromatic heterocycles. The lowest BCUT2D eigenvalue weighted by Gasteiger charge is -2.15. The van der Waals surface area contributed by atoms with E-state index in [1.165, 1.54) is 167 Å². The van der Waals surface area contributed by atoms with Gasteiger partial charge in [-0.15, -0.1) is 0 Å². The Morgan fingerprint density at radius 1 is 0.261 bits per heavy atom. The topological polar surface area (TPSA) is 72.8 Å². The van der Waals surface area contributed by atoms with E-state index in [1.54, 1.807) is 0 Å². The van der Waals surface area contributed by atoms with Gasteiger partial charge in [-0.05, 0) is 128 Å². The molecule has 1 N–H and O–H groups in total. The zero-order chi connectivity index (χ0) is 63.3. The second kappa shape index (κ2) is 76.5. The Bertz CT molecular complexity index is 1910. The first-order valence-electron chi connectivity index (χ1n) is 36.7. The van der Waals surface area contributed by atoms with Crippen LogP contribution in [0.3, 0.4) is 0 Å². The first-order valence-corrected chi connectivity index (χ1v) is 36.7. The minimum atomic E-state index is -0.783. The summed E-state index contributed by atoms with van der Waals surface area (Å²) in [5.41, 5.74) is 0. The van der Waals surface area contributed by atoms with E-state index in [0.29, 0.717) is 12.8 Å². The first-order chi connectivity index (χ1) is 43.6. The Balaban J connectivity index is 3.50. The van der Waals surface area contributed by atoms with Crippen molar-refractivity contribution in [3.63, 3.8) is 0 Å². The van der Waals surface area contributed by atoms with E-state index in [9.17, 15) is 14.7 Å². The Labute approximate surface area is 544 Å². The summed E-state index contributed by atoms with van der Waals surface area (Å²) < 4.78 is 10.8. The molecule has 0 radical (unpaired) electrons. The number of rotatable bonds is 66. The summed E-state index contributed by atoms with van der Waals surface area (Å²) in [7, 11) is 0. The van der Waals surface area contributed by atoms with Gasteiger partial charge in [-0.3, -0.25) is 9.59 Å². The maximum absolute atomic E-state index is 12.4. The molecule has 498 valence electrons. The van der Waals surface area contributed by atoms with Crippen LogP contribution in [-0.4, -0.2) is 36.4 Å². The number of hydrogen-bond donors (Lipinski definition) is 1. The van der Waals surface area contributed by atoms with Gasteiger partial charge >= 0.3 is 11.9 Å². The maximum Gasteiger partial charge on any atom is 0.306 e. The summed E-state index contributed by atoms with van der Waals surface area (Å²) in [6.45, 7) is 3.93. The second-order valence-electron chi connectivity index (χ2n) is 23.9. The van der Waals surface area contributed by atoms with Crippen LogP contribution in [-0.2, 0) is 19.1 Å². The Kier molecular flexibility index (Phi) is 72.4. The molecule has 5 nitrogen and oxygen atoms in total. The van der Waals surface area contributed by atoms with Gasteiger partial charge in [0.1, 0.15) is 6.61 Å². The van der Waals surface area contributed by atoms with Crippen molar-refractivity contribution in [2.24, 2.45) is 0 Å². The standard InChI is InChI=1S/C83H136O5/c1-3-5-7-9-11-13-15-17-19-21-23-25-27-29-31-33-35-37-38-39-40-41-42-43-44-46-48-50-52-54-56-58-60-62-64-66-68-70-72-74-76-78-83(86)88-81(79-84)80-87-82(85)77-75-73-71-69-67-65-63-61-59-57-55-53-51-49-47-45-36-34-32-30-28-26-24-22-20-18-16-14-12-10-8-6-4-2/h5-8,11-14,17-20,23-26,29-32,35-37,39-40,42-43,45,81,84H,3-4,9-10,15-16,21-22,27-28,33-34,38,41,44,46-80H2,1-2H3/b7-5-,8-6-,13-11-,14-12-,19-17-,20-18-,25-23-,26-24-,31-29-,32-30-,37-35-,40-39-,43-42-,45-36-. The molecule has 0 aromatic rings. The van der Waals surface area contributed by atoms with Crippen molar-refractivity contribution in [1.29, 1.82) is 0 Å². The summed E-state index contributed by atoms with van der Waals surface area (Å²) in [5.74, 6) is -0.588. The van der Waals surface area contributed by atoms with Crippen molar-refractivity contribution in [2.75, 3.05) is 13.2 Å². The van der Waals surface area contributed by atoms with E-state index in [4.69, 9.17) is 9.47 Å². The van der Waals surface area contributed by atoms with Crippen LogP contribution in [0.5, 0.6) is 0 Å². The summed E-state index contributed by atoms with van der Waals surface area (Å²) in [5, 5.41) is 9.72.